The van der Waals surface area contributed by atoms with Crippen molar-refractivity contribution in [2.75, 3.05) is 20.2 Å². The maximum Gasteiger partial charge on any atom is 0.222 e. The van der Waals surface area contributed by atoms with Gasteiger partial charge < -0.3 is 15.8 Å². The molecule has 2 aromatic carbocycles. The number of nitrogens with one attached hydrogen (secondary N) is 1. The first kappa shape index (κ1) is 12.9. The standard InChI is InChI=1S/C16H18N2O2/c1-20-14-7-6-10-4-2-3-5-11(10)15(14)12-8-18-9-13(12)16(17)19/h2-7,12-13,18H,8-9H2,1H3,(H2,17,19). The summed E-state index contributed by atoms with van der Waals surface area (Å²) in [6, 6.07) is 12.2. The summed E-state index contributed by atoms with van der Waals surface area (Å²) >= 11 is 0. The Labute approximate surface area is 117 Å². The third kappa shape index (κ3) is 2.02. The van der Waals surface area contributed by atoms with Crippen LogP contribution in [0.15, 0.2) is 36.4 Å². The van der Waals surface area contributed by atoms with Gasteiger partial charge in [0.15, 0.2) is 0 Å². The van der Waals surface area contributed by atoms with E-state index >= 15 is 0 Å². The fourth-order valence-electron chi connectivity index (χ4n) is 3.12. The Bertz CT molecular complexity index is 654. The Morgan fingerprint density at radius 3 is 2.80 bits per heavy atom. The number of methoxy groups -OCH3 is 1. The summed E-state index contributed by atoms with van der Waals surface area (Å²) in [4.78, 5) is 11.7. The first-order valence-electron chi connectivity index (χ1n) is 6.78. The summed E-state index contributed by atoms with van der Waals surface area (Å²) in [6.07, 6.45) is 0. The monoisotopic (exact) mass is 270 g/mol. The highest BCUT2D eigenvalue weighted by atomic mass is 16.5. The van der Waals surface area contributed by atoms with Crippen LogP contribution >= 0.6 is 0 Å². The maximum absolute atomic E-state index is 11.7. The molecule has 2 atom stereocenters. The molecule has 1 amide bonds. The zero-order valence-corrected chi connectivity index (χ0v) is 11.4. The summed E-state index contributed by atoms with van der Waals surface area (Å²) in [5.41, 5.74) is 6.62. The van der Waals surface area contributed by atoms with Gasteiger partial charge in [0, 0.05) is 24.6 Å². The summed E-state index contributed by atoms with van der Waals surface area (Å²) in [5.74, 6) is 0.446. The molecule has 0 aliphatic carbocycles. The molecular weight excluding hydrogens is 252 g/mol. The van der Waals surface area contributed by atoms with Crippen molar-refractivity contribution in [3.63, 3.8) is 0 Å². The van der Waals surface area contributed by atoms with Crippen LogP contribution in [0.25, 0.3) is 10.8 Å². The summed E-state index contributed by atoms with van der Waals surface area (Å²) in [5, 5.41) is 5.54. The van der Waals surface area contributed by atoms with Crippen LogP contribution in [0.3, 0.4) is 0 Å². The Balaban J connectivity index is 2.20. The Kier molecular flexibility index (Phi) is 3.32. The molecule has 1 saturated heterocycles. The van der Waals surface area contributed by atoms with Gasteiger partial charge >= 0.3 is 0 Å². The van der Waals surface area contributed by atoms with Crippen molar-refractivity contribution in [1.82, 2.24) is 5.32 Å². The smallest absolute Gasteiger partial charge is 0.222 e. The second-order valence-corrected chi connectivity index (χ2v) is 5.18. The largest absolute Gasteiger partial charge is 0.496 e. The van der Waals surface area contributed by atoms with E-state index in [2.05, 4.69) is 17.4 Å². The van der Waals surface area contributed by atoms with Crippen molar-refractivity contribution < 1.29 is 9.53 Å². The number of fused-ring (bicyclic) bond motifs is 1. The van der Waals surface area contributed by atoms with E-state index in [0.29, 0.717) is 6.54 Å². The van der Waals surface area contributed by atoms with Crippen LogP contribution in [-0.2, 0) is 4.79 Å². The minimum atomic E-state index is -0.255. The van der Waals surface area contributed by atoms with Crippen LogP contribution in [0.1, 0.15) is 11.5 Å². The lowest BCUT2D eigenvalue weighted by molar-refractivity contribution is -0.121. The van der Waals surface area contributed by atoms with Crippen LogP contribution in [0.2, 0.25) is 0 Å². The SMILES string of the molecule is COc1ccc2ccccc2c1C1CNCC1C(N)=O. The second kappa shape index (κ2) is 5.13. The minimum Gasteiger partial charge on any atom is -0.496 e. The number of carbonyl (C=O) groups excluding carboxylic acids is 1. The van der Waals surface area contributed by atoms with Crippen molar-refractivity contribution in [2.24, 2.45) is 11.7 Å². The zero-order chi connectivity index (χ0) is 14.1. The van der Waals surface area contributed by atoms with Crippen molar-refractivity contribution in [3.05, 3.63) is 42.0 Å². The van der Waals surface area contributed by atoms with Gasteiger partial charge in [-0.25, -0.2) is 0 Å². The molecule has 0 aromatic heterocycles. The number of nitrogens with two attached hydrogens (primary N) is 1. The molecule has 0 bridgehead atoms. The molecule has 4 heteroatoms. The number of benzene rings is 2. The summed E-state index contributed by atoms with van der Waals surface area (Å²) in [6.45, 7) is 1.38. The molecule has 0 radical (unpaired) electrons. The van der Waals surface area contributed by atoms with Gasteiger partial charge in [0.1, 0.15) is 5.75 Å². The fraction of sp³-hybridized carbons (Fsp3) is 0.312. The van der Waals surface area contributed by atoms with Gasteiger partial charge in [-0.1, -0.05) is 30.3 Å². The number of primary amides is 1. The molecule has 1 aliphatic rings. The molecule has 2 aromatic rings. The molecule has 1 aliphatic heterocycles. The lowest BCUT2D eigenvalue weighted by Gasteiger charge is -2.21. The highest BCUT2D eigenvalue weighted by Gasteiger charge is 2.35. The fourth-order valence-corrected chi connectivity index (χ4v) is 3.12. The number of carbonyl (C=O) groups is 1. The molecule has 0 saturated carbocycles. The lowest BCUT2D eigenvalue weighted by atomic mass is 9.85. The molecule has 104 valence electrons. The van der Waals surface area contributed by atoms with Gasteiger partial charge in [-0.05, 0) is 16.8 Å². The normalized spacial score (nSPS) is 22.1. The number of hydrogen-bond donors (Lipinski definition) is 2. The van der Waals surface area contributed by atoms with E-state index in [0.717, 1.165) is 28.6 Å². The highest BCUT2D eigenvalue weighted by molar-refractivity contribution is 5.89. The summed E-state index contributed by atoms with van der Waals surface area (Å²) in [7, 11) is 1.66. The highest BCUT2D eigenvalue weighted by Crippen LogP contribution is 2.39. The minimum absolute atomic E-state index is 0.0635. The predicted octanol–water partition coefficient (Wildman–Crippen LogP) is 1.64. The predicted molar refractivity (Wildman–Crippen MR) is 78.8 cm³/mol. The third-order valence-electron chi connectivity index (χ3n) is 4.10. The van der Waals surface area contributed by atoms with E-state index in [4.69, 9.17) is 10.5 Å². The Morgan fingerprint density at radius 1 is 1.25 bits per heavy atom. The van der Waals surface area contributed by atoms with E-state index in [1.54, 1.807) is 7.11 Å². The van der Waals surface area contributed by atoms with Gasteiger partial charge in [0.2, 0.25) is 5.91 Å². The topological polar surface area (TPSA) is 64.3 Å². The number of hydrogen-bond acceptors (Lipinski definition) is 3. The van der Waals surface area contributed by atoms with Gasteiger partial charge in [-0.3, -0.25) is 4.79 Å². The van der Waals surface area contributed by atoms with E-state index < -0.39 is 0 Å². The molecule has 3 rings (SSSR count). The van der Waals surface area contributed by atoms with E-state index in [9.17, 15) is 4.79 Å². The average molecular weight is 270 g/mol. The van der Waals surface area contributed by atoms with Crippen molar-refractivity contribution in [3.8, 4) is 5.75 Å². The van der Waals surface area contributed by atoms with Crippen molar-refractivity contribution in [1.29, 1.82) is 0 Å². The first-order valence-corrected chi connectivity index (χ1v) is 6.78. The molecule has 20 heavy (non-hydrogen) atoms. The Morgan fingerprint density at radius 2 is 2.05 bits per heavy atom. The molecule has 3 N–H and O–H groups in total. The van der Waals surface area contributed by atoms with Crippen LogP contribution < -0.4 is 15.8 Å². The van der Waals surface area contributed by atoms with E-state index in [-0.39, 0.29) is 17.7 Å². The zero-order valence-electron chi connectivity index (χ0n) is 11.4. The average Bonchev–Trinajstić information content (AvgIpc) is 2.95. The molecule has 4 nitrogen and oxygen atoms in total. The van der Waals surface area contributed by atoms with Crippen LogP contribution in [0.5, 0.6) is 5.75 Å². The first-order chi connectivity index (χ1) is 9.72. The molecular formula is C16H18N2O2. The van der Waals surface area contributed by atoms with Gasteiger partial charge in [-0.2, -0.15) is 0 Å². The second-order valence-electron chi connectivity index (χ2n) is 5.18. The third-order valence-corrected chi connectivity index (χ3v) is 4.10. The molecule has 1 heterocycles. The lowest BCUT2D eigenvalue weighted by Crippen LogP contribution is -2.28. The molecule has 0 spiro atoms. The molecule has 2 unspecified atom stereocenters. The van der Waals surface area contributed by atoms with Gasteiger partial charge in [-0.15, -0.1) is 0 Å². The maximum atomic E-state index is 11.7. The summed E-state index contributed by atoms with van der Waals surface area (Å²) < 4.78 is 5.51. The van der Waals surface area contributed by atoms with Crippen LogP contribution in [0, 0.1) is 5.92 Å². The molecule has 1 fully saturated rings. The van der Waals surface area contributed by atoms with E-state index in [1.807, 2.05) is 24.3 Å². The van der Waals surface area contributed by atoms with Gasteiger partial charge in [0.05, 0.1) is 13.0 Å². The van der Waals surface area contributed by atoms with Crippen molar-refractivity contribution in [2.45, 2.75) is 5.92 Å². The van der Waals surface area contributed by atoms with E-state index in [1.165, 1.54) is 0 Å². The number of ether oxygens (including phenoxy) is 1. The number of rotatable bonds is 3. The van der Waals surface area contributed by atoms with Crippen LogP contribution in [-0.4, -0.2) is 26.1 Å². The van der Waals surface area contributed by atoms with Gasteiger partial charge in [0.25, 0.3) is 0 Å². The number of amides is 1. The quantitative estimate of drug-likeness (QED) is 0.891. The Hall–Kier alpha value is -2.07. The van der Waals surface area contributed by atoms with Crippen molar-refractivity contribution >= 4 is 16.7 Å². The van der Waals surface area contributed by atoms with Crippen LogP contribution in [0.4, 0.5) is 0 Å².